The fraction of sp³-hybridized carbons (Fsp3) is 0.250. The van der Waals surface area contributed by atoms with E-state index in [1.54, 1.807) is 0 Å². The van der Waals surface area contributed by atoms with Crippen molar-refractivity contribution in [1.82, 2.24) is 4.98 Å². The molecule has 0 unspecified atom stereocenters. The van der Waals surface area contributed by atoms with Gasteiger partial charge >= 0.3 is 5.97 Å². The molecular weight excluding hydrogens is 268 g/mol. The lowest BCUT2D eigenvalue weighted by Gasteiger charge is -2.13. The highest BCUT2D eigenvalue weighted by Crippen LogP contribution is 2.30. The van der Waals surface area contributed by atoms with Gasteiger partial charge in [-0.15, -0.1) is 0 Å². The Hall–Kier alpha value is -2.56. The summed E-state index contributed by atoms with van der Waals surface area (Å²) in [4.78, 5) is 15.7. The molecule has 0 atom stereocenters. The topological polar surface area (TPSA) is 74.4 Å². The van der Waals surface area contributed by atoms with E-state index in [4.69, 9.17) is 10.5 Å². The Balaban J connectivity index is 2.35. The third-order valence-electron chi connectivity index (χ3n) is 3.07. The number of aromatic nitrogens is 1. The summed E-state index contributed by atoms with van der Waals surface area (Å²) in [6.07, 6.45) is 1.39. The van der Waals surface area contributed by atoms with Crippen LogP contribution in [0.4, 0.5) is 5.69 Å². The highest BCUT2D eigenvalue weighted by molar-refractivity contribution is 5.95. The molecule has 5 heteroatoms. The third kappa shape index (κ3) is 3.31. The molecule has 0 aliphatic carbocycles. The molecule has 0 radical (unpaired) electrons. The highest BCUT2D eigenvalue weighted by atomic mass is 16.5. The van der Waals surface area contributed by atoms with Crippen LogP contribution in [0.15, 0.2) is 36.5 Å². The normalized spacial score (nSPS) is 10.5. The number of nitrogen functional groups attached to an aromatic ring is 1. The van der Waals surface area contributed by atoms with Crippen molar-refractivity contribution in [3.05, 3.63) is 47.7 Å². The first-order valence-electron chi connectivity index (χ1n) is 6.63. The van der Waals surface area contributed by atoms with E-state index >= 15 is 0 Å². The standard InChI is InChI=1S/C16H18N2O3/c1-10(2)11-6-4-5-7-14(11)21-15-8-12(16(19)20-3)13(17)9-18-15/h4-10H,17H2,1-3H3. The summed E-state index contributed by atoms with van der Waals surface area (Å²) in [5.41, 5.74) is 7.28. The number of esters is 1. The maximum atomic E-state index is 11.6. The Kier molecular flexibility index (Phi) is 4.42. The minimum absolute atomic E-state index is 0.240. The van der Waals surface area contributed by atoms with Crippen molar-refractivity contribution >= 4 is 11.7 Å². The zero-order valence-corrected chi connectivity index (χ0v) is 12.3. The van der Waals surface area contributed by atoms with Gasteiger partial charge in [0, 0.05) is 6.07 Å². The maximum Gasteiger partial charge on any atom is 0.340 e. The molecule has 1 aromatic carbocycles. The van der Waals surface area contributed by atoms with Crippen LogP contribution in [0.2, 0.25) is 0 Å². The Labute approximate surface area is 123 Å². The van der Waals surface area contributed by atoms with Gasteiger partial charge in [-0.05, 0) is 17.5 Å². The second-order valence-electron chi connectivity index (χ2n) is 4.90. The molecular formula is C16H18N2O3. The molecule has 110 valence electrons. The maximum absolute atomic E-state index is 11.6. The zero-order valence-electron chi connectivity index (χ0n) is 12.3. The molecule has 0 aliphatic rings. The van der Waals surface area contributed by atoms with Gasteiger partial charge in [-0.1, -0.05) is 32.0 Å². The lowest BCUT2D eigenvalue weighted by molar-refractivity contribution is 0.0601. The largest absolute Gasteiger partial charge is 0.465 e. The van der Waals surface area contributed by atoms with Gasteiger partial charge in [0.25, 0.3) is 0 Å². The first-order chi connectivity index (χ1) is 10.0. The molecule has 2 rings (SSSR count). The van der Waals surface area contributed by atoms with E-state index in [1.807, 2.05) is 24.3 Å². The summed E-state index contributed by atoms with van der Waals surface area (Å²) in [6, 6.07) is 9.19. The van der Waals surface area contributed by atoms with E-state index < -0.39 is 5.97 Å². The van der Waals surface area contributed by atoms with Crippen LogP contribution in [0.25, 0.3) is 0 Å². The minimum Gasteiger partial charge on any atom is -0.465 e. The van der Waals surface area contributed by atoms with Gasteiger partial charge in [0.05, 0.1) is 24.6 Å². The van der Waals surface area contributed by atoms with Crippen LogP contribution in [0.3, 0.4) is 0 Å². The number of carbonyl (C=O) groups is 1. The van der Waals surface area contributed by atoms with Crippen LogP contribution < -0.4 is 10.5 Å². The molecule has 0 aliphatic heterocycles. The number of hydrogen-bond acceptors (Lipinski definition) is 5. The van der Waals surface area contributed by atoms with Crippen molar-refractivity contribution in [1.29, 1.82) is 0 Å². The smallest absolute Gasteiger partial charge is 0.340 e. The van der Waals surface area contributed by atoms with E-state index in [9.17, 15) is 4.79 Å². The number of methoxy groups -OCH3 is 1. The van der Waals surface area contributed by atoms with Crippen LogP contribution in [0.1, 0.15) is 35.7 Å². The van der Waals surface area contributed by atoms with Gasteiger partial charge in [-0.2, -0.15) is 0 Å². The van der Waals surface area contributed by atoms with Crippen LogP contribution in [-0.4, -0.2) is 18.1 Å². The van der Waals surface area contributed by atoms with Gasteiger partial charge in [0.15, 0.2) is 0 Å². The Morgan fingerprint density at radius 1 is 1.29 bits per heavy atom. The molecule has 21 heavy (non-hydrogen) atoms. The van der Waals surface area contributed by atoms with Crippen molar-refractivity contribution in [3.63, 3.8) is 0 Å². The Morgan fingerprint density at radius 3 is 2.67 bits per heavy atom. The fourth-order valence-corrected chi connectivity index (χ4v) is 1.95. The summed E-state index contributed by atoms with van der Waals surface area (Å²) in [7, 11) is 1.30. The molecule has 5 nitrogen and oxygen atoms in total. The monoisotopic (exact) mass is 286 g/mol. The number of rotatable bonds is 4. The quantitative estimate of drug-likeness (QED) is 0.872. The first-order valence-corrected chi connectivity index (χ1v) is 6.63. The van der Waals surface area contributed by atoms with Crippen LogP contribution in [0, 0.1) is 0 Å². The summed E-state index contributed by atoms with van der Waals surface area (Å²) in [5.74, 6) is 0.810. The molecule has 0 spiro atoms. The average molecular weight is 286 g/mol. The number of ether oxygens (including phenoxy) is 2. The summed E-state index contributed by atoms with van der Waals surface area (Å²) in [6.45, 7) is 4.16. The SMILES string of the molecule is COC(=O)c1cc(Oc2ccccc2C(C)C)ncc1N. The molecule has 0 bridgehead atoms. The minimum atomic E-state index is -0.517. The van der Waals surface area contributed by atoms with E-state index in [0.717, 1.165) is 5.56 Å². The van der Waals surface area contributed by atoms with Crippen LogP contribution in [0.5, 0.6) is 11.6 Å². The number of anilines is 1. The van der Waals surface area contributed by atoms with Crippen molar-refractivity contribution in [2.45, 2.75) is 19.8 Å². The second kappa shape index (κ2) is 6.26. The van der Waals surface area contributed by atoms with Crippen molar-refractivity contribution in [3.8, 4) is 11.6 Å². The van der Waals surface area contributed by atoms with Crippen molar-refractivity contribution in [2.24, 2.45) is 0 Å². The predicted octanol–water partition coefficient (Wildman–Crippen LogP) is 3.37. The van der Waals surface area contributed by atoms with Gasteiger partial charge < -0.3 is 15.2 Å². The van der Waals surface area contributed by atoms with E-state index in [2.05, 4.69) is 23.6 Å². The molecule has 0 saturated carbocycles. The molecule has 0 amide bonds. The second-order valence-corrected chi connectivity index (χ2v) is 4.90. The van der Waals surface area contributed by atoms with Gasteiger partial charge in [-0.3, -0.25) is 0 Å². The lowest BCUT2D eigenvalue weighted by atomic mass is 10.0. The molecule has 2 aromatic rings. The van der Waals surface area contributed by atoms with Gasteiger partial charge in [-0.25, -0.2) is 9.78 Å². The highest BCUT2D eigenvalue weighted by Gasteiger charge is 2.14. The zero-order chi connectivity index (χ0) is 15.4. The average Bonchev–Trinajstić information content (AvgIpc) is 2.48. The number of para-hydroxylation sites is 1. The van der Waals surface area contributed by atoms with E-state index in [0.29, 0.717) is 17.5 Å². The van der Waals surface area contributed by atoms with Crippen LogP contribution in [-0.2, 0) is 4.74 Å². The van der Waals surface area contributed by atoms with Crippen molar-refractivity contribution in [2.75, 3.05) is 12.8 Å². The molecule has 0 saturated heterocycles. The molecule has 2 N–H and O–H groups in total. The number of carbonyl (C=O) groups excluding carboxylic acids is 1. The molecule has 0 fully saturated rings. The van der Waals surface area contributed by atoms with E-state index in [-0.39, 0.29) is 11.3 Å². The number of nitrogens with two attached hydrogens (primary N) is 1. The lowest BCUT2D eigenvalue weighted by Crippen LogP contribution is -2.07. The molecule has 1 aromatic heterocycles. The number of hydrogen-bond donors (Lipinski definition) is 1. The first kappa shape index (κ1) is 14.8. The number of benzene rings is 1. The van der Waals surface area contributed by atoms with E-state index in [1.165, 1.54) is 19.4 Å². The third-order valence-corrected chi connectivity index (χ3v) is 3.07. The van der Waals surface area contributed by atoms with Gasteiger partial charge in [0.2, 0.25) is 5.88 Å². The Morgan fingerprint density at radius 2 is 2.00 bits per heavy atom. The number of nitrogens with zero attached hydrogens (tertiary/aromatic N) is 1. The number of pyridine rings is 1. The fourth-order valence-electron chi connectivity index (χ4n) is 1.95. The van der Waals surface area contributed by atoms with Crippen LogP contribution >= 0.6 is 0 Å². The molecule has 1 heterocycles. The Bertz CT molecular complexity index is 654. The van der Waals surface area contributed by atoms with Gasteiger partial charge in [0.1, 0.15) is 5.75 Å². The summed E-state index contributed by atoms with van der Waals surface area (Å²) < 4.78 is 10.5. The predicted molar refractivity (Wildman–Crippen MR) is 80.6 cm³/mol. The summed E-state index contributed by atoms with van der Waals surface area (Å²) in [5, 5.41) is 0. The van der Waals surface area contributed by atoms with Crippen molar-refractivity contribution < 1.29 is 14.3 Å². The summed E-state index contributed by atoms with van der Waals surface area (Å²) >= 11 is 0.